The molecule has 3 aromatic rings. The zero-order chi connectivity index (χ0) is 33.9. The Bertz CT molecular complexity index is 1570. The van der Waals surface area contributed by atoms with Gasteiger partial charge in [-0.05, 0) is 79.3 Å². The first-order valence-electron chi connectivity index (χ1n) is 15.7. The Morgan fingerprint density at radius 1 is 0.851 bits per heavy atom. The Kier molecular flexibility index (Phi) is 13.5. The number of anilines is 1. The lowest BCUT2D eigenvalue weighted by Crippen LogP contribution is -2.52. The number of carbonyl (C=O) groups excluding carboxylic acids is 4. The molecule has 3 atom stereocenters. The molecule has 1 aliphatic heterocycles. The van der Waals surface area contributed by atoms with Gasteiger partial charge in [-0.1, -0.05) is 78.1 Å². The van der Waals surface area contributed by atoms with Crippen molar-refractivity contribution in [2.24, 2.45) is 0 Å². The van der Waals surface area contributed by atoms with Gasteiger partial charge >= 0.3 is 0 Å². The molecule has 250 valence electrons. The summed E-state index contributed by atoms with van der Waals surface area (Å²) in [6.07, 6.45) is 2.07. The van der Waals surface area contributed by atoms with Gasteiger partial charge in [0.2, 0.25) is 23.6 Å². The number of hydrogen-bond acceptors (Lipinski definition) is 5. The molecule has 0 saturated heterocycles. The van der Waals surface area contributed by atoms with E-state index in [0.29, 0.717) is 53.0 Å². The molecule has 0 aromatic heterocycles. The second-order valence-corrected chi connectivity index (χ2v) is 12.8. The van der Waals surface area contributed by atoms with Gasteiger partial charge in [0.25, 0.3) is 0 Å². The van der Waals surface area contributed by atoms with Crippen LogP contribution >= 0.6 is 34.8 Å². The summed E-state index contributed by atoms with van der Waals surface area (Å²) >= 11 is 18.3. The fourth-order valence-corrected chi connectivity index (χ4v) is 6.21. The highest BCUT2D eigenvalue weighted by atomic mass is 35.5. The Morgan fingerprint density at radius 2 is 1.53 bits per heavy atom. The van der Waals surface area contributed by atoms with Crippen LogP contribution < -0.4 is 26.2 Å². The predicted molar refractivity (Wildman–Crippen MR) is 187 cm³/mol. The van der Waals surface area contributed by atoms with Crippen LogP contribution in [-0.4, -0.2) is 61.9 Å². The van der Waals surface area contributed by atoms with E-state index in [2.05, 4.69) is 21.3 Å². The normalized spacial score (nSPS) is 15.6. The van der Waals surface area contributed by atoms with Crippen molar-refractivity contribution in [3.63, 3.8) is 0 Å². The second-order valence-electron chi connectivity index (χ2n) is 11.6. The van der Waals surface area contributed by atoms with Gasteiger partial charge in [0.1, 0.15) is 12.6 Å². The summed E-state index contributed by atoms with van der Waals surface area (Å²) < 4.78 is 0. The van der Waals surface area contributed by atoms with Crippen molar-refractivity contribution in [3.8, 4) is 0 Å². The van der Waals surface area contributed by atoms with Gasteiger partial charge in [-0.15, -0.1) is 0 Å². The van der Waals surface area contributed by atoms with Crippen molar-refractivity contribution in [2.75, 3.05) is 25.0 Å². The van der Waals surface area contributed by atoms with Gasteiger partial charge in [-0.3, -0.25) is 19.2 Å². The van der Waals surface area contributed by atoms with Crippen molar-refractivity contribution in [1.29, 1.82) is 0 Å². The third-order valence-electron chi connectivity index (χ3n) is 8.05. The predicted octanol–water partition coefficient (Wildman–Crippen LogP) is 4.89. The number of benzene rings is 3. The molecule has 12 heteroatoms. The van der Waals surface area contributed by atoms with Crippen LogP contribution in [0.1, 0.15) is 42.9 Å². The summed E-state index contributed by atoms with van der Waals surface area (Å²) in [6, 6.07) is 18.5. The van der Waals surface area contributed by atoms with E-state index in [9.17, 15) is 19.2 Å². The minimum absolute atomic E-state index is 0.0225. The number of fused-ring (bicyclic) bond motifs is 1. The SMILES string of the molecule is CCN[C@H](CC(=O)N[C@H]1CCc2ccccc2N(CC(=O)N[C@@H](CC(=O)NC)Cc2ccc(Cl)c(Cl)c2)C1=O)Cc1ccc(Cl)cc1. The van der Waals surface area contributed by atoms with E-state index >= 15 is 0 Å². The Hall–Kier alpha value is -3.63. The van der Waals surface area contributed by atoms with E-state index < -0.39 is 18.0 Å². The van der Waals surface area contributed by atoms with E-state index in [1.807, 2.05) is 49.4 Å². The lowest BCUT2D eigenvalue weighted by molar-refractivity contribution is -0.128. The molecule has 0 bridgehead atoms. The fraction of sp³-hybridized carbons (Fsp3) is 0.371. The Balaban J connectivity index is 1.47. The summed E-state index contributed by atoms with van der Waals surface area (Å²) in [7, 11) is 1.53. The molecule has 0 spiro atoms. The zero-order valence-corrected chi connectivity index (χ0v) is 28.7. The Labute approximate surface area is 290 Å². The highest BCUT2D eigenvalue weighted by Gasteiger charge is 2.33. The number of nitrogens with zero attached hydrogens (tertiary/aromatic N) is 1. The lowest BCUT2D eigenvalue weighted by atomic mass is 10.0. The average molecular weight is 701 g/mol. The molecule has 4 N–H and O–H groups in total. The number of para-hydroxylation sites is 1. The molecule has 4 amide bonds. The summed E-state index contributed by atoms with van der Waals surface area (Å²) in [5, 5.41) is 13.3. The fourth-order valence-electron chi connectivity index (χ4n) is 5.77. The van der Waals surface area contributed by atoms with Crippen LogP contribution in [0.2, 0.25) is 15.1 Å². The van der Waals surface area contributed by atoms with Gasteiger partial charge in [0, 0.05) is 42.7 Å². The zero-order valence-electron chi connectivity index (χ0n) is 26.5. The third kappa shape index (κ3) is 10.7. The number of halogens is 3. The molecule has 9 nitrogen and oxygen atoms in total. The monoisotopic (exact) mass is 699 g/mol. The molecule has 1 aliphatic rings. The van der Waals surface area contributed by atoms with Crippen LogP contribution in [0.25, 0.3) is 0 Å². The molecule has 3 aromatic carbocycles. The highest BCUT2D eigenvalue weighted by molar-refractivity contribution is 6.42. The van der Waals surface area contributed by atoms with E-state index in [1.165, 1.54) is 11.9 Å². The lowest BCUT2D eigenvalue weighted by Gasteiger charge is -2.27. The molecule has 4 rings (SSSR count). The summed E-state index contributed by atoms with van der Waals surface area (Å²) in [4.78, 5) is 54.6. The number of nitrogens with one attached hydrogen (secondary N) is 4. The van der Waals surface area contributed by atoms with E-state index in [4.69, 9.17) is 34.8 Å². The highest BCUT2D eigenvalue weighted by Crippen LogP contribution is 2.27. The smallest absolute Gasteiger partial charge is 0.250 e. The van der Waals surface area contributed by atoms with Crippen LogP contribution in [-0.2, 0) is 38.4 Å². The number of aryl methyl sites for hydroxylation is 1. The number of carbonyl (C=O) groups is 4. The van der Waals surface area contributed by atoms with Gasteiger partial charge in [-0.2, -0.15) is 0 Å². The van der Waals surface area contributed by atoms with Gasteiger partial charge in [0.05, 0.1) is 10.0 Å². The summed E-state index contributed by atoms with van der Waals surface area (Å²) in [6.45, 7) is 2.37. The topological polar surface area (TPSA) is 120 Å². The van der Waals surface area contributed by atoms with Crippen molar-refractivity contribution >= 4 is 64.1 Å². The maximum absolute atomic E-state index is 14.0. The molecular weight excluding hydrogens is 661 g/mol. The van der Waals surface area contributed by atoms with E-state index in [1.54, 1.807) is 24.3 Å². The molecule has 0 unspecified atom stereocenters. The molecule has 0 radical (unpaired) electrons. The standard InChI is InChI=1S/C35H40Cl3N5O4/c1-3-40-26(16-22-8-12-25(36)13-9-22)19-33(45)42-30-15-11-24-6-4-5-7-31(24)43(35(30)47)21-34(46)41-27(20-32(44)39-2)17-23-10-14-28(37)29(38)18-23/h4-10,12-14,18,26-27,30,40H,3,11,15-17,19-21H2,1-2H3,(H,39,44)(H,41,46)(H,42,45)/t26-,27+,30-/m0/s1. The average Bonchev–Trinajstić information content (AvgIpc) is 3.16. The van der Waals surface area contributed by atoms with Crippen molar-refractivity contribution < 1.29 is 19.2 Å². The number of likely N-dealkylation sites (N-methyl/N-ethyl adjacent to an activating group) is 1. The van der Waals surface area contributed by atoms with Crippen LogP contribution in [0.3, 0.4) is 0 Å². The largest absolute Gasteiger partial charge is 0.359 e. The maximum atomic E-state index is 14.0. The summed E-state index contributed by atoms with van der Waals surface area (Å²) in [5.74, 6) is -1.32. The first kappa shape index (κ1) is 36.2. The second kappa shape index (κ2) is 17.5. The molecule has 47 heavy (non-hydrogen) atoms. The number of amides is 4. The van der Waals surface area contributed by atoms with E-state index in [-0.39, 0.29) is 43.1 Å². The Morgan fingerprint density at radius 3 is 2.23 bits per heavy atom. The number of hydrogen-bond donors (Lipinski definition) is 4. The molecule has 0 aliphatic carbocycles. The summed E-state index contributed by atoms with van der Waals surface area (Å²) in [5.41, 5.74) is 3.35. The molecule has 0 fully saturated rings. The van der Waals surface area contributed by atoms with Crippen LogP contribution in [0, 0.1) is 0 Å². The third-order valence-corrected chi connectivity index (χ3v) is 9.04. The van der Waals surface area contributed by atoms with Gasteiger partial charge in [0.15, 0.2) is 0 Å². The van der Waals surface area contributed by atoms with Crippen LogP contribution in [0.15, 0.2) is 66.7 Å². The number of rotatable bonds is 14. The van der Waals surface area contributed by atoms with Crippen molar-refractivity contribution in [3.05, 3.63) is 98.5 Å². The maximum Gasteiger partial charge on any atom is 0.250 e. The first-order chi connectivity index (χ1) is 22.6. The first-order valence-corrected chi connectivity index (χ1v) is 16.8. The molecule has 1 heterocycles. The van der Waals surface area contributed by atoms with Gasteiger partial charge in [-0.25, -0.2) is 0 Å². The van der Waals surface area contributed by atoms with Crippen LogP contribution in [0.4, 0.5) is 5.69 Å². The van der Waals surface area contributed by atoms with Crippen molar-refractivity contribution in [2.45, 2.75) is 63.6 Å². The quantitative estimate of drug-likeness (QED) is 0.191. The minimum Gasteiger partial charge on any atom is -0.359 e. The van der Waals surface area contributed by atoms with Crippen LogP contribution in [0.5, 0.6) is 0 Å². The van der Waals surface area contributed by atoms with Gasteiger partial charge < -0.3 is 26.2 Å². The molecular formula is C35H40Cl3N5O4. The minimum atomic E-state index is -0.821. The molecule has 0 saturated carbocycles. The van der Waals surface area contributed by atoms with E-state index in [0.717, 1.165) is 16.7 Å². The van der Waals surface area contributed by atoms with Crippen molar-refractivity contribution in [1.82, 2.24) is 21.3 Å².